The Bertz CT molecular complexity index is 1400. The van der Waals surface area contributed by atoms with Gasteiger partial charge in [0.15, 0.2) is 0 Å². The number of carbonyl (C=O) groups is 1. The molecule has 1 saturated heterocycles. The van der Waals surface area contributed by atoms with Gasteiger partial charge in [0.05, 0.1) is 4.90 Å². The Hall–Kier alpha value is -2.16. The van der Waals surface area contributed by atoms with Crippen LogP contribution in [0, 0.1) is 0 Å². The molecular formula is C28H35Cl2N3O3S. The quantitative estimate of drug-likeness (QED) is 0.412. The molecule has 3 aromatic carbocycles. The number of nitrogens with zero attached hydrogens (tertiary/aromatic N) is 2. The number of benzene rings is 3. The Balaban J connectivity index is 0.00000380. The van der Waals surface area contributed by atoms with Gasteiger partial charge in [0.25, 0.3) is 5.91 Å². The van der Waals surface area contributed by atoms with Crippen LogP contribution in [0.2, 0.25) is 5.02 Å². The van der Waals surface area contributed by atoms with Gasteiger partial charge in [-0.15, -0.1) is 12.4 Å². The molecule has 1 aliphatic heterocycles. The van der Waals surface area contributed by atoms with E-state index in [1.807, 2.05) is 24.3 Å². The zero-order valence-electron chi connectivity index (χ0n) is 21.7. The molecule has 1 amide bonds. The summed E-state index contributed by atoms with van der Waals surface area (Å²) in [6, 6.07) is 14.3. The molecule has 200 valence electrons. The molecule has 0 spiro atoms. The fraction of sp³-hybridized carbons (Fsp3) is 0.393. The van der Waals surface area contributed by atoms with E-state index in [1.54, 1.807) is 29.2 Å². The zero-order chi connectivity index (χ0) is 26.2. The van der Waals surface area contributed by atoms with Crippen LogP contribution in [0.5, 0.6) is 0 Å². The second kappa shape index (κ2) is 11.7. The standard InChI is InChI=1S/C28H34ClN3O3S.ClH/c1-18(2)26-22(17-30)7-10-25(27(26)19(3)4)28(33)31-11-13-32(14-12-31)36(34,35)24-9-6-20-15-23(29)8-5-21(20)16-24;/h5-10,15-16,18-19H,11-14,17,30H2,1-4H3;1H. The van der Waals surface area contributed by atoms with Crippen molar-refractivity contribution in [2.75, 3.05) is 26.2 Å². The maximum absolute atomic E-state index is 13.6. The van der Waals surface area contributed by atoms with Crippen molar-refractivity contribution in [3.63, 3.8) is 0 Å². The summed E-state index contributed by atoms with van der Waals surface area (Å²) in [6.07, 6.45) is 0. The van der Waals surface area contributed by atoms with Crippen LogP contribution in [-0.2, 0) is 16.6 Å². The van der Waals surface area contributed by atoms with Gasteiger partial charge in [-0.1, -0.05) is 57.5 Å². The lowest BCUT2D eigenvalue weighted by molar-refractivity contribution is 0.0696. The van der Waals surface area contributed by atoms with Crippen molar-refractivity contribution in [1.82, 2.24) is 9.21 Å². The summed E-state index contributed by atoms with van der Waals surface area (Å²) in [4.78, 5) is 15.6. The Morgan fingerprint density at radius 3 is 2.08 bits per heavy atom. The molecule has 9 heteroatoms. The summed E-state index contributed by atoms with van der Waals surface area (Å²) in [5, 5.41) is 2.31. The summed E-state index contributed by atoms with van der Waals surface area (Å²) in [7, 11) is -3.68. The average Bonchev–Trinajstić information content (AvgIpc) is 2.86. The Labute approximate surface area is 231 Å². The lowest BCUT2D eigenvalue weighted by Crippen LogP contribution is -2.50. The molecule has 0 aromatic heterocycles. The van der Waals surface area contributed by atoms with Crippen LogP contribution < -0.4 is 5.73 Å². The van der Waals surface area contributed by atoms with E-state index in [2.05, 4.69) is 27.7 Å². The molecule has 1 aliphatic rings. The second-order valence-corrected chi connectivity index (χ2v) is 12.3. The molecule has 3 aromatic rings. The van der Waals surface area contributed by atoms with Crippen LogP contribution in [0.3, 0.4) is 0 Å². The number of fused-ring (bicyclic) bond motifs is 1. The lowest BCUT2D eigenvalue weighted by atomic mass is 9.83. The van der Waals surface area contributed by atoms with Crippen molar-refractivity contribution in [3.8, 4) is 0 Å². The van der Waals surface area contributed by atoms with E-state index in [1.165, 1.54) is 4.31 Å². The van der Waals surface area contributed by atoms with E-state index in [4.69, 9.17) is 17.3 Å². The van der Waals surface area contributed by atoms with E-state index in [-0.39, 0.29) is 48.1 Å². The number of halogens is 2. The van der Waals surface area contributed by atoms with Crippen LogP contribution in [0.4, 0.5) is 0 Å². The molecule has 0 saturated carbocycles. The maximum Gasteiger partial charge on any atom is 0.254 e. The highest BCUT2D eigenvalue weighted by Crippen LogP contribution is 2.33. The molecule has 1 fully saturated rings. The second-order valence-electron chi connectivity index (χ2n) is 9.96. The van der Waals surface area contributed by atoms with Gasteiger partial charge >= 0.3 is 0 Å². The summed E-state index contributed by atoms with van der Waals surface area (Å²) in [5.41, 5.74) is 9.96. The van der Waals surface area contributed by atoms with Gasteiger partial charge in [-0.05, 0) is 69.6 Å². The van der Waals surface area contributed by atoms with Crippen molar-refractivity contribution in [1.29, 1.82) is 0 Å². The fourth-order valence-corrected chi connectivity index (χ4v) is 6.79. The molecular weight excluding hydrogens is 529 g/mol. The summed E-state index contributed by atoms with van der Waals surface area (Å²) in [5.74, 6) is 0.356. The lowest BCUT2D eigenvalue weighted by Gasteiger charge is -2.35. The van der Waals surface area contributed by atoms with Crippen molar-refractivity contribution in [2.45, 2.75) is 51.0 Å². The van der Waals surface area contributed by atoms with Gasteiger partial charge in [0.1, 0.15) is 0 Å². The van der Waals surface area contributed by atoms with Crippen molar-refractivity contribution < 1.29 is 13.2 Å². The van der Waals surface area contributed by atoms with Crippen molar-refractivity contribution >= 4 is 50.7 Å². The minimum atomic E-state index is -3.68. The summed E-state index contributed by atoms with van der Waals surface area (Å²) in [6.45, 7) is 10.1. The Morgan fingerprint density at radius 1 is 0.892 bits per heavy atom. The number of amides is 1. The fourth-order valence-electron chi connectivity index (χ4n) is 5.16. The number of piperazine rings is 1. The topological polar surface area (TPSA) is 83.7 Å². The van der Waals surface area contributed by atoms with E-state index < -0.39 is 10.0 Å². The molecule has 37 heavy (non-hydrogen) atoms. The first-order chi connectivity index (χ1) is 17.0. The molecule has 0 radical (unpaired) electrons. The van der Waals surface area contributed by atoms with Crippen LogP contribution in [0.25, 0.3) is 10.8 Å². The first kappa shape index (κ1) is 29.4. The van der Waals surface area contributed by atoms with Crippen LogP contribution in [-0.4, -0.2) is 49.7 Å². The molecule has 1 heterocycles. The van der Waals surface area contributed by atoms with E-state index in [9.17, 15) is 13.2 Å². The average molecular weight is 565 g/mol. The molecule has 6 nitrogen and oxygen atoms in total. The van der Waals surface area contributed by atoms with Gasteiger partial charge in [-0.2, -0.15) is 4.31 Å². The highest BCUT2D eigenvalue weighted by Gasteiger charge is 2.32. The molecule has 4 rings (SSSR count). The zero-order valence-corrected chi connectivity index (χ0v) is 24.1. The third kappa shape index (κ3) is 5.81. The molecule has 0 atom stereocenters. The van der Waals surface area contributed by atoms with Crippen LogP contribution >= 0.6 is 24.0 Å². The number of carbonyl (C=O) groups excluding carboxylic acids is 1. The number of nitrogens with two attached hydrogens (primary N) is 1. The molecule has 0 aliphatic carbocycles. The minimum absolute atomic E-state index is 0. The smallest absolute Gasteiger partial charge is 0.254 e. The highest BCUT2D eigenvalue weighted by molar-refractivity contribution is 7.89. The van der Waals surface area contributed by atoms with Gasteiger partial charge < -0.3 is 10.6 Å². The maximum atomic E-state index is 13.6. The number of hydrogen-bond donors (Lipinski definition) is 1. The van der Waals surface area contributed by atoms with E-state index >= 15 is 0 Å². The third-order valence-electron chi connectivity index (χ3n) is 6.92. The first-order valence-corrected chi connectivity index (χ1v) is 14.2. The molecule has 0 bridgehead atoms. The number of rotatable bonds is 6. The number of sulfonamides is 1. The van der Waals surface area contributed by atoms with Crippen molar-refractivity contribution in [3.05, 3.63) is 75.8 Å². The van der Waals surface area contributed by atoms with E-state index in [0.29, 0.717) is 30.2 Å². The predicted molar refractivity (Wildman–Crippen MR) is 153 cm³/mol. The Morgan fingerprint density at radius 2 is 1.49 bits per heavy atom. The monoisotopic (exact) mass is 563 g/mol. The third-order valence-corrected chi connectivity index (χ3v) is 9.05. The van der Waals surface area contributed by atoms with Crippen LogP contribution in [0.1, 0.15) is 66.6 Å². The predicted octanol–water partition coefficient (Wildman–Crippen LogP) is 5.77. The van der Waals surface area contributed by atoms with Crippen molar-refractivity contribution in [2.24, 2.45) is 5.73 Å². The molecule has 0 unspecified atom stereocenters. The summed E-state index contributed by atoms with van der Waals surface area (Å²) < 4.78 is 28.2. The Kier molecular flexibility index (Phi) is 9.30. The normalized spacial score (nSPS) is 14.9. The van der Waals surface area contributed by atoms with Crippen LogP contribution in [0.15, 0.2) is 53.4 Å². The highest BCUT2D eigenvalue weighted by atomic mass is 35.5. The summed E-state index contributed by atoms with van der Waals surface area (Å²) >= 11 is 6.06. The van der Waals surface area contributed by atoms with Gasteiger partial charge in [0, 0.05) is 43.3 Å². The first-order valence-electron chi connectivity index (χ1n) is 12.4. The SMILES string of the molecule is CC(C)c1c(CN)ccc(C(=O)N2CCN(S(=O)(=O)c3ccc4cc(Cl)ccc4c3)CC2)c1C(C)C.Cl. The van der Waals surface area contributed by atoms with Gasteiger partial charge in [-0.25, -0.2) is 8.42 Å². The molecule has 2 N–H and O–H groups in total. The van der Waals surface area contributed by atoms with E-state index in [0.717, 1.165) is 27.5 Å². The number of hydrogen-bond acceptors (Lipinski definition) is 4. The van der Waals surface area contributed by atoms with Gasteiger partial charge in [-0.3, -0.25) is 4.79 Å². The minimum Gasteiger partial charge on any atom is -0.336 e. The largest absolute Gasteiger partial charge is 0.336 e. The van der Waals surface area contributed by atoms with Gasteiger partial charge in [0.2, 0.25) is 10.0 Å².